The lowest BCUT2D eigenvalue weighted by molar-refractivity contribution is 0.0576. The maximum absolute atomic E-state index is 11.6. The van der Waals surface area contributed by atoms with E-state index in [-0.39, 0.29) is 12.1 Å². The van der Waals surface area contributed by atoms with Crippen LogP contribution in [-0.2, 0) is 17.7 Å². The predicted molar refractivity (Wildman–Crippen MR) is 95.8 cm³/mol. The van der Waals surface area contributed by atoms with E-state index in [9.17, 15) is 4.79 Å². The smallest absolute Gasteiger partial charge is 0.274 e. The Balaban J connectivity index is 1.73. The van der Waals surface area contributed by atoms with Crippen molar-refractivity contribution in [3.8, 4) is 0 Å². The second kappa shape index (κ2) is 7.97. The molecule has 132 valence electrons. The van der Waals surface area contributed by atoms with Gasteiger partial charge in [0.1, 0.15) is 0 Å². The molecular formula is C19H21ClN2O3. The number of methoxy groups -OCH3 is 1. The molecule has 3 rings (SSSR count). The molecule has 2 aromatic carbocycles. The van der Waals surface area contributed by atoms with Gasteiger partial charge < -0.3 is 10.1 Å². The van der Waals surface area contributed by atoms with Gasteiger partial charge in [0.15, 0.2) is 0 Å². The number of hydrogen-bond acceptors (Lipinski definition) is 4. The van der Waals surface area contributed by atoms with Gasteiger partial charge in [-0.05, 0) is 53.8 Å². The largest absolute Gasteiger partial charge is 0.375 e. The molecule has 5 nitrogen and oxygen atoms in total. The number of fused-ring (bicyclic) bond motifs is 1. The van der Waals surface area contributed by atoms with Crippen LogP contribution in [0, 0.1) is 0 Å². The van der Waals surface area contributed by atoms with Crippen molar-refractivity contribution in [3.63, 3.8) is 0 Å². The molecule has 0 radical (unpaired) electrons. The van der Waals surface area contributed by atoms with Crippen molar-refractivity contribution in [1.82, 2.24) is 10.8 Å². The summed E-state index contributed by atoms with van der Waals surface area (Å²) in [6.45, 7) is 0.738. The molecule has 0 heterocycles. The molecule has 2 aromatic rings. The first kappa shape index (κ1) is 17.9. The summed E-state index contributed by atoms with van der Waals surface area (Å²) < 4.78 is 5.73. The van der Waals surface area contributed by atoms with E-state index in [0.29, 0.717) is 5.56 Å². The number of rotatable bonds is 5. The topological polar surface area (TPSA) is 70.6 Å². The van der Waals surface area contributed by atoms with Crippen LogP contribution < -0.4 is 10.8 Å². The van der Waals surface area contributed by atoms with E-state index in [1.165, 1.54) is 5.56 Å². The molecule has 0 fully saturated rings. The number of nitrogens with one attached hydrogen (secondary N) is 2. The van der Waals surface area contributed by atoms with Gasteiger partial charge in [0.05, 0.1) is 6.10 Å². The second-order valence-electron chi connectivity index (χ2n) is 6.16. The Hall–Kier alpha value is -1.92. The summed E-state index contributed by atoms with van der Waals surface area (Å²) in [5.41, 5.74) is 5.45. The van der Waals surface area contributed by atoms with E-state index in [1.54, 1.807) is 18.7 Å². The molecule has 0 saturated heterocycles. The number of amides is 1. The Morgan fingerprint density at radius 2 is 2.04 bits per heavy atom. The van der Waals surface area contributed by atoms with E-state index in [4.69, 9.17) is 21.5 Å². The summed E-state index contributed by atoms with van der Waals surface area (Å²) >= 11 is 5.92. The molecular weight excluding hydrogens is 340 g/mol. The number of ether oxygens (including phenoxy) is 1. The number of hydrogen-bond donors (Lipinski definition) is 3. The van der Waals surface area contributed by atoms with Gasteiger partial charge in [0.2, 0.25) is 0 Å². The van der Waals surface area contributed by atoms with Crippen LogP contribution in [0.2, 0.25) is 5.02 Å². The standard InChI is InChI=1S/C19H21ClN2O3/c1-25-18-16-8-4-14(19(23)22-24)10-13(16)5-9-17(18)21-11-12-2-6-15(20)7-3-12/h2-4,6-8,10,17-18,21,24H,5,9,11H2,1H3,(H,22,23). The molecule has 0 bridgehead atoms. The Morgan fingerprint density at radius 1 is 1.28 bits per heavy atom. The van der Waals surface area contributed by atoms with Gasteiger partial charge >= 0.3 is 0 Å². The highest BCUT2D eigenvalue weighted by Crippen LogP contribution is 2.33. The summed E-state index contributed by atoms with van der Waals surface area (Å²) in [6, 6.07) is 13.4. The fourth-order valence-corrected chi connectivity index (χ4v) is 3.46. The SMILES string of the molecule is COC1c2ccc(C(=O)NO)cc2CCC1NCc1ccc(Cl)cc1. The van der Waals surface area contributed by atoms with Crippen LogP contribution in [0.25, 0.3) is 0 Å². The van der Waals surface area contributed by atoms with Crippen molar-refractivity contribution in [2.45, 2.75) is 31.5 Å². The molecule has 0 aromatic heterocycles. The average Bonchev–Trinajstić information content (AvgIpc) is 2.65. The quantitative estimate of drug-likeness (QED) is 0.565. The van der Waals surface area contributed by atoms with Crippen molar-refractivity contribution < 1.29 is 14.7 Å². The normalized spacial score (nSPS) is 19.3. The Bertz CT molecular complexity index is 749. The van der Waals surface area contributed by atoms with E-state index >= 15 is 0 Å². The van der Waals surface area contributed by atoms with Crippen molar-refractivity contribution in [3.05, 3.63) is 69.7 Å². The number of halogens is 1. The molecule has 2 atom stereocenters. The Kier molecular flexibility index (Phi) is 5.71. The number of carbonyl (C=O) groups is 1. The zero-order chi connectivity index (χ0) is 17.8. The van der Waals surface area contributed by atoms with Crippen LogP contribution in [0.3, 0.4) is 0 Å². The monoisotopic (exact) mass is 360 g/mol. The molecule has 3 N–H and O–H groups in total. The molecule has 0 aliphatic heterocycles. The highest BCUT2D eigenvalue weighted by Gasteiger charge is 2.29. The fourth-order valence-electron chi connectivity index (χ4n) is 3.34. The zero-order valence-electron chi connectivity index (χ0n) is 14.0. The van der Waals surface area contributed by atoms with Crippen molar-refractivity contribution in [1.29, 1.82) is 0 Å². The minimum Gasteiger partial charge on any atom is -0.375 e. The first-order chi connectivity index (χ1) is 12.1. The third kappa shape index (κ3) is 4.02. The van der Waals surface area contributed by atoms with Crippen LogP contribution in [0.4, 0.5) is 0 Å². The summed E-state index contributed by atoms with van der Waals surface area (Å²) in [5, 5.41) is 13.1. The first-order valence-corrected chi connectivity index (χ1v) is 8.58. The van der Waals surface area contributed by atoms with Crippen LogP contribution in [0.5, 0.6) is 0 Å². The fraction of sp³-hybridized carbons (Fsp3) is 0.316. The molecule has 1 amide bonds. The maximum atomic E-state index is 11.6. The maximum Gasteiger partial charge on any atom is 0.274 e. The van der Waals surface area contributed by atoms with E-state index < -0.39 is 5.91 Å². The van der Waals surface area contributed by atoms with Crippen LogP contribution in [-0.4, -0.2) is 24.3 Å². The third-order valence-electron chi connectivity index (χ3n) is 4.64. The van der Waals surface area contributed by atoms with Crippen molar-refractivity contribution >= 4 is 17.5 Å². The number of hydroxylamine groups is 1. The Labute approximate surface area is 151 Å². The van der Waals surface area contributed by atoms with Gasteiger partial charge in [0, 0.05) is 30.3 Å². The minimum absolute atomic E-state index is 0.0812. The number of carbonyl (C=O) groups excluding carboxylic acids is 1. The van der Waals surface area contributed by atoms with E-state index in [2.05, 4.69) is 5.32 Å². The second-order valence-corrected chi connectivity index (χ2v) is 6.60. The predicted octanol–water partition coefficient (Wildman–Crippen LogP) is 3.25. The van der Waals surface area contributed by atoms with Gasteiger partial charge in [-0.1, -0.05) is 29.8 Å². The average molecular weight is 361 g/mol. The first-order valence-electron chi connectivity index (χ1n) is 8.20. The van der Waals surface area contributed by atoms with Crippen LogP contribution in [0.1, 0.15) is 39.6 Å². The van der Waals surface area contributed by atoms with Gasteiger partial charge in [-0.25, -0.2) is 5.48 Å². The van der Waals surface area contributed by atoms with Gasteiger partial charge in [-0.15, -0.1) is 0 Å². The molecule has 1 aliphatic carbocycles. The summed E-state index contributed by atoms with van der Waals surface area (Å²) in [4.78, 5) is 11.6. The summed E-state index contributed by atoms with van der Waals surface area (Å²) in [6.07, 6.45) is 1.67. The summed E-state index contributed by atoms with van der Waals surface area (Å²) in [7, 11) is 1.70. The van der Waals surface area contributed by atoms with E-state index in [1.807, 2.05) is 36.4 Å². The highest BCUT2D eigenvalue weighted by atomic mass is 35.5. The lowest BCUT2D eigenvalue weighted by Crippen LogP contribution is -2.39. The third-order valence-corrected chi connectivity index (χ3v) is 4.89. The van der Waals surface area contributed by atoms with E-state index in [0.717, 1.165) is 35.5 Å². The molecule has 1 aliphatic rings. The number of benzene rings is 2. The van der Waals surface area contributed by atoms with Gasteiger partial charge in [0.25, 0.3) is 5.91 Å². The van der Waals surface area contributed by atoms with Crippen molar-refractivity contribution in [2.24, 2.45) is 0 Å². The molecule has 2 unspecified atom stereocenters. The highest BCUT2D eigenvalue weighted by molar-refractivity contribution is 6.30. The van der Waals surface area contributed by atoms with Crippen LogP contribution >= 0.6 is 11.6 Å². The Morgan fingerprint density at radius 3 is 2.72 bits per heavy atom. The molecule has 0 spiro atoms. The zero-order valence-corrected chi connectivity index (χ0v) is 14.7. The number of aryl methyl sites for hydroxylation is 1. The van der Waals surface area contributed by atoms with Gasteiger partial charge in [-0.2, -0.15) is 0 Å². The van der Waals surface area contributed by atoms with Crippen LogP contribution in [0.15, 0.2) is 42.5 Å². The minimum atomic E-state index is -0.500. The molecule has 6 heteroatoms. The molecule has 25 heavy (non-hydrogen) atoms. The molecule has 0 saturated carbocycles. The van der Waals surface area contributed by atoms with Crippen molar-refractivity contribution in [2.75, 3.05) is 7.11 Å². The summed E-state index contributed by atoms with van der Waals surface area (Å²) in [5.74, 6) is -0.500. The van der Waals surface area contributed by atoms with Gasteiger partial charge in [-0.3, -0.25) is 10.0 Å². The lowest BCUT2D eigenvalue weighted by atomic mass is 9.84. The lowest BCUT2D eigenvalue weighted by Gasteiger charge is -2.33.